The van der Waals surface area contributed by atoms with Gasteiger partial charge in [-0.05, 0) is 55.0 Å². The number of aromatic nitrogens is 2. The first kappa shape index (κ1) is 29.0. The zero-order valence-corrected chi connectivity index (χ0v) is 24.2. The maximum atomic E-state index is 13.4. The van der Waals surface area contributed by atoms with Crippen LogP contribution in [0, 0.1) is 15.9 Å². The summed E-state index contributed by atoms with van der Waals surface area (Å²) < 4.78 is 21.0. The number of hydrogen-bond acceptors (Lipinski definition) is 7. The van der Waals surface area contributed by atoms with Crippen LogP contribution >= 0.6 is 31.9 Å². The molecule has 0 spiro atoms. The molecule has 3 aromatic carbocycles. The fourth-order valence-corrected chi connectivity index (χ4v) is 4.61. The van der Waals surface area contributed by atoms with Crippen molar-refractivity contribution in [2.45, 2.75) is 26.2 Å². The van der Waals surface area contributed by atoms with E-state index in [9.17, 15) is 24.1 Å². The number of aryl methyl sites for hydroxylation is 1. The second-order valence-electron chi connectivity index (χ2n) is 8.60. The number of halogens is 3. The van der Waals surface area contributed by atoms with Crippen LogP contribution in [0.1, 0.15) is 31.2 Å². The van der Waals surface area contributed by atoms with Crippen LogP contribution in [0.25, 0.3) is 10.9 Å². The lowest BCUT2D eigenvalue weighted by atomic mass is 10.2. The first-order valence-corrected chi connectivity index (χ1v) is 13.7. The molecule has 0 unspecified atom stereocenters. The minimum Gasteiger partial charge on any atom is -0.476 e. The van der Waals surface area contributed by atoms with Crippen molar-refractivity contribution in [2.24, 2.45) is 5.10 Å². The number of rotatable bonds is 10. The van der Waals surface area contributed by atoms with Gasteiger partial charge in [0, 0.05) is 32.7 Å². The molecular formula is C27H22Br2FN5O5. The van der Waals surface area contributed by atoms with E-state index >= 15 is 0 Å². The minimum absolute atomic E-state index is 0.151. The van der Waals surface area contributed by atoms with E-state index in [2.05, 4.69) is 47.3 Å². The quantitative estimate of drug-likeness (QED) is 0.121. The van der Waals surface area contributed by atoms with Crippen LogP contribution < -0.4 is 15.6 Å². The zero-order valence-electron chi connectivity index (χ0n) is 21.1. The van der Waals surface area contributed by atoms with Crippen molar-refractivity contribution < 1.29 is 18.8 Å². The molecule has 10 nitrogen and oxygen atoms in total. The van der Waals surface area contributed by atoms with Gasteiger partial charge in [-0.15, -0.1) is 0 Å². The maximum Gasteiger partial charge on any atom is 0.312 e. The van der Waals surface area contributed by atoms with Crippen molar-refractivity contribution in [1.82, 2.24) is 9.66 Å². The molecule has 1 amide bonds. The first-order valence-electron chi connectivity index (χ1n) is 12.1. The van der Waals surface area contributed by atoms with E-state index in [0.717, 1.165) is 12.8 Å². The predicted octanol–water partition coefficient (Wildman–Crippen LogP) is 6.21. The summed E-state index contributed by atoms with van der Waals surface area (Å²) in [6.45, 7) is 1.44. The standard InChI is InChI=1S/C27H22Br2FN5O5/c1-2-3-4-24-33-22-10-5-17(28)12-21(22)27(37)34(24)31-14-16-11-18(29)13-23(35(38)39)26(16)40-15-25(36)32-20-8-6-19(30)7-9-20/h5-14H,2-4,15H2,1H3,(H,32,36). The van der Waals surface area contributed by atoms with E-state index in [1.54, 1.807) is 18.2 Å². The molecule has 4 rings (SSSR count). The monoisotopic (exact) mass is 673 g/mol. The second kappa shape index (κ2) is 12.9. The first-order chi connectivity index (χ1) is 19.2. The number of amides is 1. The largest absolute Gasteiger partial charge is 0.476 e. The van der Waals surface area contributed by atoms with Gasteiger partial charge in [-0.1, -0.05) is 45.2 Å². The van der Waals surface area contributed by atoms with Gasteiger partial charge in [-0.2, -0.15) is 9.78 Å². The summed E-state index contributed by atoms with van der Waals surface area (Å²) in [7, 11) is 0. The molecule has 0 bridgehead atoms. The average molecular weight is 675 g/mol. The van der Waals surface area contributed by atoms with Gasteiger partial charge in [0.1, 0.15) is 11.6 Å². The fraction of sp³-hybridized carbons (Fsp3) is 0.185. The van der Waals surface area contributed by atoms with Gasteiger partial charge in [0.15, 0.2) is 6.61 Å². The highest BCUT2D eigenvalue weighted by Crippen LogP contribution is 2.34. The third-order valence-electron chi connectivity index (χ3n) is 5.68. The second-order valence-corrected chi connectivity index (χ2v) is 10.4. The van der Waals surface area contributed by atoms with E-state index in [0.29, 0.717) is 37.8 Å². The van der Waals surface area contributed by atoms with Gasteiger partial charge in [-0.3, -0.25) is 19.7 Å². The summed E-state index contributed by atoms with van der Waals surface area (Å²) in [5.41, 5.74) is 0.193. The van der Waals surface area contributed by atoms with E-state index in [-0.39, 0.29) is 11.3 Å². The lowest BCUT2D eigenvalue weighted by Crippen LogP contribution is -2.23. The van der Waals surface area contributed by atoms with Crippen molar-refractivity contribution in [3.05, 3.63) is 101 Å². The number of ether oxygens (including phenoxy) is 1. The molecule has 1 aromatic heterocycles. The number of carbonyl (C=O) groups is 1. The third-order valence-corrected chi connectivity index (χ3v) is 6.63. The number of fused-ring (bicyclic) bond motifs is 1. The average Bonchev–Trinajstić information content (AvgIpc) is 2.92. The lowest BCUT2D eigenvalue weighted by molar-refractivity contribution is -0.385. The van der Waals surface area contributed by atoms with Crippen LogP contribution in [0.15, 0.2) is 73.4 Å². The predicted molar refractivity (Wildman–Crippen MR) is 157 cm³/mol. The summed E-state index contributed by atoms with van der Waals surface area (Å²) in [6, 6.07) is 13.0. The SMILES string of the molecule is CCCCc1nc2ccc(Br)cc2c(=O)n1N=Cc1cc(Br)cc([N+](=O)[O-])c1OCC(=O)Nc1ccc(F)cc1. The number of carbonyl (C=O) groups excluding carboxylic acids is 1. The van der Waals surface area contributed by atoms with Crippen LogP contribution in [0.4, 0.5) is 15.8 Å². The summed E-state index contributed by atoms with van der Waals surface area (Å²) in [4.78, 5) is 41.6. The highest BCUT2D eigenvalue weighted by atomic mass is 79.9. The molecule has 0 saturated heterocycles. The Kier molecular flexibility index (Phi) is 9.38. The molecule has 0 aliphatic carbocycles. The van der Waals surface area contributed by atoms with Gasteiger partial charge in [0.05, 0.1) is 22.0 Å². The molecule has 0 fully saturated rings. The van der Waals surface area contributed by atoms with Crippen molar-refractivity contribution in [1.29, 1.82) is 0 Å². The number of unbranched alkanes of at least 4 members (excludes halogenated alkanes) is 1. The van der Waals surface area contributed by atoms with Gasteiger partial charge < -0.3 is 10.1 Å². The van der Waals surface area contributed by atoms with Gasteiger partial charge in [0.25, 0.3) is 11.5 Å². The molecule has 0 aliphatic heterocycles. The van der Waals surface area contributed by atoms with Crippen LogP contribution in [0.3, 0.4) is 0 Å². The molecule has 0 atom stereocenters. The summed E-state index contributed by atoms with van der Waals surface area (Å²) in [5, 5.41) is 19.1. The van der Waals surface area contributed by atoms with Crippen molar-refractivity contribution >= 4 is 66.3 Å². The fourth-order valence-electron chi connectivity index (χ4n) is 3.79. The molecule has 206 valence electrons. The number of anilines is 1. The van der Waals surface area contributed by atoms with E-state index in [4.69, 9.17) is 4.74 Å². The Morgan fingerprint density at radius 3 is 2.62 bits per heavy atom. The summed E-state index contributed by atoms with van der Waals surface area (Å²) >= 11 is 6.63. The molecule has 13 heteroatoms. The van der Waals surface area contributed by atoms with Crippen molar-refractivity contribution in [3.63, 3.8) is 0 Å². The topological polar surface area (TPSA) is 129 Å². The Morgan fingerprint density at radius 1 is 1.18 bits per heavy atom. The molecule has 4 aromatic rings. The van der Waals surface area contributed by atoms with E-state index in [1.807, 2.05) is 6.92 Å². The van der Waals surface area contributed by atoms with Crippen LogP contribution in [0.5, 0.6) is 5.75 Å². The summed E-state index contributed by atoms with van der Waals surface area (Å²) in [6.07, 6.45) is 3.38. The Hall–Kier alpha value is -3.97. The molecule has 40 heavy (non-hydrogen) atoms. The van der Waals surface area contributed by atoms with E-state index < -0.39 is 34.5 Å². The molecule has 0 radical (unpaired) electrons. The normalized spacial score (nSPS) is 11.2. The number of nitrogens with zero attached hydrogens (tertiary/aromatic N) is 4. The molecule has 1 heterocycles. The smallest absolute Gasteiger partial charge is 0.312 e. The number of benzene rings is 3. The van der Waals surface area contributed by atoms with Gasteiger partial charge >= 0.3 is 5.69 Å². The van der Waals surface area contributed by atoms with Crippen LogP contribution in [0.2, 0.25) is 0 Å². The maximum absolute atomic E-state index is 13.4. The summed E-state index contributed by atoms with van der Waals surface area (Å²) in [5.74, 6) is -0.863. The Morgan fingerprint density at radius 2 is 1.93 bits per heavy atom. The highest BCUT2D eigenvalue weighted by molar-refractivity contribution is 9.10. The van der Waals surface area contributed by atoms with Gasteiger partial charge in [-0.25, -0.2) is 9.37 Å². The zero-order chi connectivity index (χ0) is 28.8. The Balaban J connectivity index is 1.71. The van der Waals surface area contributed by atoms with Crippen molar-refractivity contribution in [3.8, 4) is 5.75 Å². The van der Waals surface area contributed by atoms with E-state index in [1.165, 1.54) is 47.3 Å². The molecular weight excluding hydrogens is 653 g/mol. The highest BCUT2D eigenvalue weighted by Gasteiger charge is 2.22. The number of nitro benzene ring substituents is 1. The number of nitrogens with one attached hydrogen (secondary N) is 1. The molecule has 0 aliphatic rings. The van der Waals surface area contributed by atoms with Crippen molar-refractivity contribution in [2.75, 3.05) is 11.9 Å². The minimum atomic E-state index is -0.650. The lowest BCUT2D eigenvalue weighted by Gasteiger charge is -2.12. The Labute approximate surface area is 244 Å². The third kappa shape index (κ3) is 6.96. The molecule has 0 saturated carbocycles. The van der Waals surface area contributed by atoms with Gasteiger partial charge in [0.2, 0.25) is 5.75 Å². The van der Waals surface area contributed by atoms with Crippen LogP contribution in [-0.4, -0.2) is 33.3 Å². The number of hydrogen-bond donors (Lipinski definition) is 1. The van der Waals surface area contributed by atoms with Crippen LogP contribution in [-0.2, 0) is 11.2 Å². The number of nitro groups is 1. The Bertz CT molecular complexity index is 1680. The molecule has 1 N–H and O–H groups in total.